The first-order valence-corrected chi connectivity index (χ1v) is 13.0. The van der Waals surface area contributed by atoms with E-state index in [4.69, 9.17) is 29.4 Å². The van der Waals surface area contributed by atoms with Crippen LogP contribution in [0.25, 0.3) is 10.9 Å². The number of aromatic nitrogens is 2. The number of hydrogen-bond acceptors (Lipinski definition) is 9. The first-order valence-electron chi connectivity index (χ1n) is 13.0. The normalized spacial score (nSPS) is 12.6. The molecule has 0 bridgehead atoms. The lowest BCUT2D eigenvalue weighted by atomic mass is 10.1. The van der Waals surface area contributed by atoms with Crippen LogP contribution < -0.4 is 15.2 Å². The van der Waals surface area contributed by atoms with E-state index in [9.17, 15) is 9.59 Å². The Bertz CT molecular complexity index is 1320. The molecular weight excluding hydrogens is 516 g/mol. The fourth-order valence-corrected chi connectivity index (χ4v) is 3.88. The van der Waals surface area contributed by atoms with Gasteiger partial charge >= 0.3 is 12.2 Å². The third kappa shape index (κ3) is 8.25. The molecule has 3 aromatic rings. The molecule has 11 heteroatoms. The molecular formula is C29H40N4O7. The molecule has 0 aliphatic rings. The second-order valence-corrected chi connectivity index (χ2v) is 11.2. The van der Waals surface area contributed by atoms with Crippen LogP contribution in [0.2, 0.25) is 0 Å². The van der Waals surface area contributed by atoms with E-state index in [2.05, 4.69) is 5.10 Å². The van der Waals surface area contributed by atoms with E-state index in [0.29, 0.717) is 22.3 Å². The third-order valence-electron chi connectivity index (χ3n) is 5.61. The monoisotopic (exact) mass is 556 g/mol. The molecule has 1 aromatic heterocycles. The van der Waals surface area contributed by atoms with Crippen LogP contribution in [0.5, 0.6) is 11.6 Å². The number of carbonyl (C=O) groups excluding carboxylic acids is 2. The zero-order valence-electron chi connectivity index (χ0n) is 24.5. The van der Waals surface area contributed by atoms with Crippen molar-refractivity contribution in [1.82, 2.24) is 14.7 Å². The Morgan fingerprint density at radius 3 is 2.30 bits per heavy atom. The number of nitrogens with two attached hydrogens (primary N) is 1. The summed E-state index contributed by atoms with van der Waals surface area (Å²) in [5.41, 5.74) is 6.48. The predicted octanol–water partition coefficient (Wildman–Crippen LogP) is 5.41. The Hall–Kier alpha value is -3.99. The molecule has 3 rings (SSSR count). The number of benzene rings is 2. The lowest BCUT2D eigenvalue weighted by molar-refractivity contribution is 0.00509. The number of fused-ring (bicyclic) bond motifs is 1. The molecule has 0 unspecified atom stereocenters. The van der Waals surface area contributed by atoms with E-state index in [1.54, 1.807) is 52.1 Å². The maximum Gasteiger partial charge on any atom is 0.435 e. The molecule has 0 radical (unpaired) electrons. The maximum atomic E-state index is 13.1. The quantitative estimate of drug-likeness (QED) is 0.344. The van der Waals surface area contributed by atoms with E-state index in [0.717, 1.165) is 10.2 Å². The second kappa shape index (κ2) is 12.5. The van der Waals surface area contributed by atoms with E-state index >= 15 is 0 Å². The molecule has 1 atom stereocenters. The summed E-state index contributed by atoms with van der Waals surface area (Å²) in [6.45, 7) is 11.3. The highest BCUT2D eigenvalue weighted by molar-refractivity contribution is 5.92. The molecule has 0 fully saturated rings. The van der Waals surface area contributed by atoms with Gasteiger partial charge in [0.05, 0.1) is 37.2 Å². The molecule has 11 nitrogen and oxygen atoms in total. The molecule has 2 N–H and O–H groups in total. The highest BCUT2D eigenvalue weighted by Crippen LogP contribution is 2.29. The first-order chi connectivity index (χ1) is 18.7. The summed E-state index contributed by atoms with van der Waals surface area (Å²) in [4.78, 5) is 27.4. The van der Waals surface area contributed by atoms with Crippen LogP contribution in [0.3, 0.4) is 0 Å². The zero-order chi connectivity index (χ0) is 29.7. The van der Waals surface area contributed by atoms with Gasteiger partial charge in [-0.05, 0) is 71.4 Å². The molecule has 218 valence electrons. The molecule has 0 aliphatic heterocycles. The molecule has 1 amide bonds. The van der Waals surface area contributed by atoms with E-state index < -0.39 is 29.5 Å². The summed E-state index contributed by atoms with van der Waals surface area (Å²) in [5.74, 6) is 0.763. The van der Waals surface area contributed by atoms with Gasteiger partial charge in [-0.15, -0.1) is 5.10 Å². The Balaban J connectivity index is 1.80. The zero-order valence-corrected chi connectivity index (χ0v) is 24.5. The number of carbonyl (C=O) groups is 2. The Kier molecular flexibility index (Phi) is 9.52. The summed E-state index contributed by atoms with van der Waals surface area (Å²) in [6, 6.07) is 12.5. The molecule has 0 spiro atoms. The average molecular weight is 557 g/mol. The second-order valence-electron chi connectivity index (χ2n) is 11.2. The van der Waals surface area contributed by atoms with Crippen LogP contribution in [-0.2, 0) is 14.2 Å². The SMILES string of the molecule is COc1nn(C(=O)OC(C)(C)C)c2cc(OCCN(C[C@H](OC)c3cccc(N)c3)C(=O)OC(C)(C)C)ccc12. The predicted molar refractivity (Wildman–Crippen MR) is 152 cm³/mol. The standard InChI is InChI=1S/C29H40N4O7/c1-28(2,3)39-26(34)32(18-24(36-7)19-10-9-11-20(30)16-19)14-15-38-21-12-13-22-23(17-21)33(31-25(22)37-8)27(35)40-29(4,5)6/h9-13,16-17,24H,14-15,18,30H2,1-8H3/t24-/m0/s1. The number of ether oxygens (including phenoxy) is 5. The summed E-state index contributed by atoms with van der Waals surface area (Å²) in [7, 11) is 3.06. The summed E-state index contributed by atoms with van der Waals surface area (Å²) in [6.07, 6.45) is -1.56. The fraction of sp³-hybridized carbons (Fsp3) is 0.483. The molecule has 0 saturated heterocycles. The van der Waals surface area contributed by atoms with Crippen LogP contribution in [0.15, 0.2) is 42.5 Å². The van der Waals surface area contributed by atoms with Crippen molar-refractivity contribution in [3.63, 3.8) is 0 Å². The van der Waals surface area contributed by atoms with E-state index in [-0.39, 0.29) is 25.6 Å². The van der Waals surface area contributed by atoms with Crippen LogP contribution in [0, 0.1) is 0 Å². The van der Waals surface area contributed by atoms with Crippen LogP contribution >= 0.6 is 0 Å². The van der Waals surface area contributed by atoms with Gasteiger partial charge in [0.25, 0.3) is 0 Å². The summed E-state index contributed by atoms with van der Waals surface area (Å²) < 4.78 is 29.3. The van der Waals surface area contributed by atoms with Gasteiger partial charge in [-0.2, -0.15) is 4.68 Å². The van der Waals surface area contributed by atoms with Gasteiger partial charge in [-0.25, -0.2) is 9.59 Å². The number of amides is 1. The van der Waals surface area contributed by atoms with Crippen LogP contribution in [0.1, 0.15) is 53.2 Å². The number of methoxy groups -OCH3 is 2. The molecule has 40 heavy (non-hydrogen) atoms. The Morgan fingerprint density at radius 2 is 1.70 bits per heavy atom. The number of nitrogens with zero attached hydrogens (tertiary/aromatic N) is 3. The molecule has 2 aromatic carbocycles. The number of anilines is 1. The van der Waals surface area contributed by atoms with E-state index in [1.165, 1.54) is 12.0 Å². The van der Waals surface area contributed by atoms with Crippen LogP contribution in [-0.4, -0.2) is 72.0 Å². The topological polar surface area (TPSA) is 127 Å². The lowest BCUT2D eigenvalue weighted by Crippen LogP contribution is -2.41. The lowest BCUT2D eigenvalue weighted by Gasteiger charge is -2.30. The largest absolute Gasteiger partial charge is 0.492 e. The minimum absolute atomic E-state index is 0.149. The van der Waals surface area contributed by atoms with Gasteiger partial charge in [-0.1, -0.05) is 12.1 Å². The third-order valence-corrected chi connectivity index (χ3v) is 5.61. The molecule has 0 aliphatic carbocycles. The minimum atomic E-state index is -0.701. The minimum Gasteiger partial charge on any atom is -0.492 e. The van der Waals surface area contributed by atoms with E-state index in [1.807, 2.05) is 39.0 Å². The Labute approximate surface area is 235 Å². The number of rotatable bonds is 9. The van der Waals surface area contributed by atoms with Gasteiger partial charge in [0.1, 0.15) is 23.6 Å². The van der Waals surface area contributed by atoms with Gasteiger partial charge in [0.15, 0.2) is 0 Å². The first kappa shape index (κ1) is 30.6. The van der Waals surface area contributed by atoms with Gasteiger partial charge in [0.2, 0.25) is 5.88 Å². The van der Waals surface area contributed by atoms with Crippen molar-refractivity contribution >= 4 is 28.8 Å². The highest BCUT2D eigenvalue weighted by Gasteiger charge is 2.26. The van der Waals surface area contributed by atoms with Gasteiger partial charge in [0, 0.05) is 18.9 Å². The van der Waals surface area contributed by atoms with Gasteiger partial charge in [-0.3, -0.25) is 0 Å². The van der Waals surface area contributed by atoms with Crippen molar-refractivity contribution in [2.45, 2.75) is 58.8 Å². The fourth-order valence-electron chi connectivity index (χ4n) is 3.88. The van der Waals surface area contributed by atoms with Crippen LogP contribution in [0.4, 0.5) is 15.3 Å². The van der Waals surface area contributed by atoms with Crippen molar-refractivity contribution in [3.05, 3.63) is 48.0 Å². The molecule has 0 saturated carbocycles. The summed E-state index contributed by atoms with van der Waals surface area (Å²) in [5, 5.41) is 4.87. The maximum absolute atomic E-state index is 13.1. The van der Waals surface area contributed by atoms with Crippen molar-refractivity contribution in [3.8, 4) is 11.6 Å². The average Bonchev–Trinajstić information content (AvgIpc) is 3.22. The number of hydrogen-bond donors (Lipinski definition) is 1. The van der Waals surface area contributed by atoms with Crippen molar-refractivity contribution in [2.24, 2.45) is 0 Å². The Morgan fingerprint density at radius 1 is 1.00 bits per heavy atom. The molecule has 1 heterocycles. The summed E-state index contributed by atoms with van der Waals surface area (Å²) >= 11 is 0. The highest BCUT2D eigenvalue weighted by atomic mass is 16.6. The van der Waals surface area contributed by atoms with Gasteiger partial charge < -0.3 is 34.3 Å². The smallest absolute Gasteiger partial charge is 0.435 e. The van der Waals surface area contributed by atoms with Crippen molar-refractivity contribution in [1.29, 1.82) is 0 Å². The van der Waals surface area contributed by atoms with Crippen molar-refractivity contribution in [2.75, 3.05) is 39.6 Å². The van der Waals surface area contributed by atoms with Crippen molar-refractivity contribution < 1.29 is 33.3 Å². The number of nitrogen functional groups attached to an aromatic ring is 1.